The second-order valence-electron chi connectivity index (χ2n) is 5.18. The van der Waals surface area contributed by atoms with Gasteiger partial charge in [-0.1, -0.05) is 0 Å². The van der Waals surface area contributed by atoms with Crippen LogP contribution in [-0.4, -0.2) is 43.0 Å². The highest BCUT2D eigenvalue weighted by molar-refractivity contribution is 6.00. The minimum atomic E-state index is -0.310. The predicted octanol–water partition coefficient (Wildman–Crippen LogP) is 0.433. The number of aromatic nitrogens is 1. The Balaban J connectivity index is 0.00000161. The van der Waals surface area contributed by atoms with Crippen LogP contribution in [0, 0.1) is 0 Å². The van der Waals surface area contributed by atoms with Crippen LogP contribution in [0.3, 0.4) is 0 Å². The molecule has 2 fully saturated rings. The molecule has 0 spiro atoms. The van der Waals surface area contributed by atoms with Crippen molar-refractivity contribution in [1.29, 1.82) is 0 Å². The molecule has 0 radical (unpaired) electrons. The van der Waals surface area contributed by atoms with Gasteiger partial charge in [-0.15, -0.1) is 12.4 Å². The Kier molecular flexibility index (Phi) is 5.14. The number of piperazine rings is 1. The zero-order valence-electron chi connectivity index (χ0n) is 11.7. The lowest BCUT2D eigenvalue weighted by Gasteiger charge is -2.30. The van der Waals surface area contributed by atoms with Gasteiger partial charge in [0.2, 0.25) is 11.8 Å². The number of amides is 2. The average Bonchev–Trinajstić information content (AvgIpc) is 2.48. The molecule has 1 aromatic heterocycles. The molecule has 1 aromatic rings. The molecular weight excluding hydrogens is 292 g/mol. The molecule has 2 amide bonds. The molecule has 0 saturated carbocycles. The van der Waals surface area contributed by atoms with E-state index in [1.807, 2.05) is 12.1 Å². The number of anilines is 1. The van der Waals surface area contributed by atoms with Crippen molar-refractivity contribution in [2.24, 2.45) is 0 Å². The summed E-state index contributed by atoms with van der Waals surface area (Å²) >= 11 is 0. The van der Waals surface area contributed by atoms with E-state index in [-0.39, 0.29) is 30.1 Å². The Morgan fingerprint density at radius 1 is 1.24 bits per heavy atom. The zero-order valence-corrected chi connectivity index (χ0v) is 12.5. The number of hydrogen-bond acceptors (Lipinski definition) is 5. The maximum absolute atomic E-state index is 11.9. The molecule has 7 heteroatoms. The third kappa shape index (κ3) is 3.51. The Morgan fingerprint density at radius 2 is 2.00 bits per heavy atom. The summed E-state index contributed by atoms with van der Waals surface area (Å²) in [4.78, 5) is 29.7. The van der Waals surface area contributed by atoms with Gasteiger partial charge in [-0.2, -0.15) is 0 Å². The van der Waals surface area contributed by atoms with Crippen molar-refractivity contribution in [1.82, 2.24) is 15.6 Å². The molecule has 21 heavy (non-hydrogen) atoms. The third-order valence-electron chi connectivity index (χ3n) is 3.84. The molecule has 2 N–H and O–H groups in total. The highest BCUT2D eigenvalue weighted by Crippen LogP contribution is 2.26. The first kappa shape index (κ1) is 15.7. The fourth-order valence-corrected chi connectivity index (χ4v) is 2.72. The van der Waals surface area contributed by atoms with Gasteiger partial charge in [0.15, 0.2) is 0 Å². The predicted molar refractivity (Wildman–Crippen MR) is 81.7 cm³/mol. The van der Waals surface area contributed by atoms with Gasteiger partial charge in [0, 0.05) is 44.5 Å². The van der Waals surface area contributed by atoms with Gasteiger partial charge in [0.1, 0.15) is 0 Å². The molecule has 6 nitrogen and oxygen atoms in total. The maximum Gasteiger partial charge on any atom is 0.235 e. The number of imide groups is 1. The fourth-order valence-electron chi connectivity index (χ4n) is 2.72. The molecule has 2 aliphatic heterocycles. The lowest BCUT2D eigenvalue weighted by Crippen LogP contribution is -2.43. The van der Waals surface area contributed by atoms with Crippen molar-refractivity contribution in [2.45, 2.75) is 18.8 Å². The third-order valence-corrected chi connectivity index (χ3v) is 3.84. The lowest BCUT2D eigenvalue weighted by atomic mass is 9.94. The lowest BCUT2D eigenvalue weighted by molar-refractivity contribution is -0.134. The summed E-state index contributed by atoms with van der Waals surface area (Å²) < 4.78 is 0. The van der Waals surface area contributed by atoms with Crippen LogP contribution in [-0.2, 0) is 9.59 Å². The Bertz CT molecular complexity index is 531. The van der Waals surface area contributed by atoms with Crippen LogP contribution < -0.4 is 15.5 Å². The molecule has 0 aromatic carbocycles. The molecule has 3 rings (SSSR count). The largest absolute Gasteiger partial charge is 0.369 e. The monoisotopic (exact) mass is 310 g/mol. The minimum absolute atomic E-state index is 0. The molecule has 0 aliphatic carbocycles. The highest BCUT2D eigenvalue weighted by Gasteiger charge is 2.29. The van der Waals surface area contributed by atoms with Crippen molar-refractivity contribution in [3.63, 3.8) is 0 Å². The Labute approximate surface area is 129 Å². The van der Waals surface area contributed by atoms with Crippen LogP contribution in [0.4, 0.5) is 5.69 Å². The van der Waals surface area contributed by atoms with E-state index in [9.17, 15) is 9.59 Å². The van der Waals surface area contributed by atoms with E-state index in [2.05, 4.69) is 20.5 Å². The molecule has 2 aliphatic rings. The summed E-state index contributed by atoms with van der Waals surface area (Å²) in [6.07, 6.45) is 2.68. The summed E-state index contributed by atoms with van der Waals surface area (Å²) in [7, 11) is 0. The molecule has 1 atom stereocenters. The average molecular weight is 311 g/mol. The van der Waals surface area contributed by atoms with Crippen LogP contribution in [0.15, 0.2) is 18.3 Å². The minimum Gasteiger partial charge on any atom is -0.369 e. The molecular formula is C14H19ClN4O2. The summed E-state index contributed by atoms with van der Waals surface area (Å²) in [5.74, 6) is -0.730. The summed E-state index contributed by atoms with van der Waals surface area (Å²) in [6, 6.07) is 3.95. The first-order valence-corrected chi connectivity index (χ1v) is 6.99. The molecule has 0 bridgehead atoms. The number of pyridine rings is 1. The van der Waals surface area contributed by atoms with Gasteiger partial charge in [0.05, 0.1) is 11.6 Å². The zero-order chi connectivity index (χ0) is 13.9. The van der Waals surface area contributed by atoms with Gasteiger partial charge in [-0.05, 0) is 18.6 Å². The van der Waals surface area contributed by atoms with E-state index in [1.165, 1.54) is 0 Å². The molecule has 114 valence electrons. The first-order chi connectivity index (χ1) is 9.74. The van der Waals surface area contributed by atoms with Crippen molar-refractivity contribution >= 4 is 29.9 Å². The summed E-state index contributed by atoms with van der Waals surface area (Å²) in [5, 5.41) is 5.70. The van der Waals surface area contributed by atoms with Crippen LogP contribution >= 0.6 is 12.4 Å². The standard InChI is InChI=1S/C14H18N4O2.ClH/c19-13-2-1-11(14(20)17-13)12-9-10(3-4-16-12)18-7-5-15-6-8-18;/h3-4,9,11,15H,1-2,5-8H2,(H,17,19,20);1H. The van der Waals surface area contributed by atoms with E-state index in [0.29, 0.717) is 12.8 Å². The number of halogens is 1. The van der Waals surface area contributed by atoms with Gasteiger partial charge in [-0.25, -0.2) is 0 Å². The van der Waals surface area contributed by atoms with Gasteiger partial charge in [0.25, 0.3) is 0 Å². The van der Waals surface area contributed by atoms with Crippen molar-refractivity contribution in [2.75, 3.05) is 31.1 Å². The van der Waals surface area contributed by atoms with Gasteiger partial charge >= 0.3 is 0 Å². The molecule has 2 saturated heterocycles. The fraction of sp³-hybridized carbons (Fsp3) is 0.500. The quantitative estimate of drug-likeness (QED) is 0.775. The number of rotatable bonds is 2. The number of nitrogens with one attached hydrogen (secondary N) is 2. The van der Waals surface area contributed by atoms with Crippen LogP contribution in [0.2, 0.25) is 0 Å². The van der Waals surface area contributed by atoms with Crippen molar-refractivity contribution in [3.8, 4) is 0 Å². The smallest absolute Gasteiger partial charge is 0.235 e. The Morgan fingerprint density at radius 3 is 2.71 bits per heavy atom. The topological polar surface area (TPSA) is 74.3 Å². The summed E-state index contributed by atoms with van der Waals surface area (Å²) in [6.45, 7) is 3.85. The number of carbonyl (C=O) groups is 2. The van der Waals surface area contributed by atoms with E-state index in [1.54, 1.807) is 6.20 Å². The first-order valence-electron chi connectivity index (χ1n) is 6.99. The number of carbonyl (C=O) groups excluding carboxylic acids is 2. The van der Waals surface area contributed by atoms with E-state index in [0.717, 1.165) is 37.6 Å². The Hall–Kier alpha value is -1.66. The van der Waals surface area contributed by atoms with E-state index in [4.69, 9.17) is 0 Å². The number of hydrogen-bond donors (Lipinski definition) is 2. The second-order valence-corrected chi connectivity index (χ2v) is 5.18. The van der Waals surface area contributed by atoms with Crippen LogP contribution in [0.5, 0.6) is 0 Å². The van der Waals surface area contributed by atoms with Gasteiger partial charge < -0.3 is 10.2 Å². The molecule has 1 unspecified atom stereocenters. The second kappa shape index (κ2) is 6.87. The molecule has 3 heterocycles. The van der Waals surface area contributed by atoms with E-state index < -0.39 is 0 Å². The summed E-state index contributed by atoms with van der Waals surface area (Å²) in [5.41, 5.74) is 1.85. The van der Waals surface area contributed by atoms with Gasteiger partial charge in [-0.3, -0.25) is 19.9 Å². The SMILES string of the molecule is Cl.O=C1CCC(c2cc(N3CCNCC3)ccn2)C(=O)N1. The number of piperidine rings is 1. The highest BCUT2D eigenvalue weighted by atomic mass is 35.5. The van der Waals surface area contributed by atoms with Crippen LogP contribution in [0.1, 0.15) is 24.5 Å². The van der Waals surface area contributed by atoms with Crippen molar-refractivity contribution < 1.29 is 9.59 Å². The normalized spacial score (nSPS) is 22.5. The van der Waals surface area contributed by atoms with E-state index >= 15 is 0 Å². The number of nitrogens with zero attached hydrogens (tertiary/aromatic N) is 2. The van der Waals surface area contributed by atoms with Crippen molar-refractivity contribution in [3.05, 3.63) is 24.0 Å². The van der Waals surface area contributed by atoms with Crippen LogP contribution in [0.25, 0.3) is 0 Å². The maximum atomic E-state index is 11.9.